The average Bonchev–Trinajstić information content (AvgIpc) is 4.15. The third-order valence-corrected chi connectivity index (χ3v) is 13.8. The van der Waals surface area contributed by atoms with E-state index in [2.05, 4.69) is 50.9 Å². The number of H-pyrrole nitrogens is 2. The number of aromatic hydroxyl groups is 4. The topological polar surface area (TPSA) is 237 Å². The number of phenolic OH excluding ortho intramolecular Hbond substituents is 4. The van der Waals surface area contributed by atoms with Crippen LogP contribution in [0.25, 0.3) is 90.9 Å². The van der Waals surface area contributed by atoms with Crippen molar-refractivity contribution in [1.29, 1.82) is 0 Å². The fourth-order valence-electron chi connectivity index (χ4n) is 9.85. The summed E-state index contributed by atoms with van der Waals surface area (Å²) in [6, 6.07) is 65.5. The summed E-state index contributed by atoms with van der Waals surface area (Å²) in [5.41, 5.74) is 16.8. The number of hydrogen-bond donors (Lipinski definition) is 6. The average molecular weight is 1100 g/mol. The van der Waals surface area contributed by atoms with Crippen molar-refractivity contribution in [3.63, 3.8) is 0 Å². The summed E-state index contributed by atoms with van der Waals surface area (Å²) >= 11 is 0. The lowest BCUT2D eigenvalue weighted by molar-refractivity contribution is 0.475. The molecule has 0 spiro atoms. The molecule has 0 saturated carbocycles. The van der Waals surface area contributed by atoms with Crippen molar-refractivity contribution in [1.82, 2.24) is 19.9 Å². The Morgan fingerprint density at radius 2 is 0.452 bits per heavy atom. The van der Waals surface area contributed by atoms with Gasteiger partial charge in [-0.25, -0.2) is 9.97 Å². The zero-order valence-corrected chi connectivity index (χ0v) is 44.4. The fourth-order valence-corrected chi connectivity index (χ4v) is 9.85. The number of azo groups is 4. The SMILES string of the molecule is Oc1ccc(N=Nc2cccc(-c3c4nc(c(-c5cccc(N=Nc6ccc(O)cc6)c5)c5ccc([nH]5)c(-c5cccc(N=Nc6ccc(O)cc6)c5)c5nc(c(-c6cccc(N=Nc7ccc(O)cc7)c6)c6ccc3[nH]6)C=C5)C=C4)c2)cc1. The van der Waals surface area contributed by atoms with E-state index in [0.717, 1.165) is 66.6 Å². The van der Waals surface area contributed by atoms with E-state index in [4.69, 9.17) is 9.97 Å². The first-order valence-electron chi connectivity index (χ1n) is 26.6. The smallest absolute Gasteiger partial charge is 0.115 e. The maximum absolute atomic E-state index is 9.92. The number of fused-ring (bicyclic) bond motifs is 8. The van der Waals surface area contributed by atoms with Crippen LogP contribution in [0.1, 0.15) is 22.8 Å². The van der Waals surface area contributed by atoms with Gasteiger partial charge in [-0.2, -0.15) is 40.9 Å². The Balaban J connectivity index is 1.07. The number of benzene rings is 8. The number of hydrogen-bond acceptors (Lipinski definition) is 14. The van der Waals surface area contributed by atoms with Crippen LogP contribution in [0.15, 0.2) is 259 Å². The molecule has 8 bridgehead atoms. The number of phenols is 4. The van der Waals surface area contributed by atoms with Gasteiger partial charge in [0, 0.05) is 44.3 Å². The molecule has 13 rings (SSSR count). The van der Waals surface area contributed by atoms with Crippen molar-refractivity contribution < 1.29 is 20.4 Å². The molecule has 0 atom stereocenters. The van der Waals surface area contributed by atoms with Gasteiger partial charge in [0.15, 0.2) is 0 Å². The first-order valence-corrected chi connectivity index (χ1v) is 26.6. The first kappa shape index (κ1) is 51.4. The van der Waals surface area contributed by atoms with E-state index in [0.29, 0.717) is 68.3 Å². The van der Waals surface area contributed by atoms with Crippen LogP contribution in [0.2, 0.25) is 0 Å². The molecule has 16 heteroatoms. The zero-order valence-electron chi connectivity index (χ0n) is 44.4. The van der Waals surface area contributed by atoms with E-state index in [9.17, 15) is 20.4 Å². The van der Waals surface area contributed by atoms with Gasteiger partial charge in [-0.05, 0) is 216 Å². The summed E-state index contributed by atoms with van der Waals surface area (Å²) in [6.07, 6.45) is 8.05. The van der Waals surface area contributed by atoms with Crippen molar-refractivity contribution in [2.75, 3.05) is 0 Å². The van der Waals surface area contributed by atoms with E-state index < -0.39 is 0 Å². The maximum Gasteiger partial charge on any atom is 0.115 e. The molecule has 0 radical (unpaired) electrons. The zero-order chi connectivity index (χ0) is 56.9. The maximum atomic E-state index is 9.92. The van der Waals surface area contributed by atoms with Gasteiger partial charge in [0.25, 0.3) is 0 Å². The number of nitrogens with one attached hydrogen (secondary N) is 2. The highest BCUT2D eigenvalue weighted by molar-refractivity contribution is 6.00. The van der Waals surface area contributed by atoms with Gasteiger partial charge in [0.05, 0.1) is 68.3 Å². The summed E-state index contributed by atoms with van der Waals surface area (Å²) < 4.78 is 0. The highest BCUT2D eigenvalue weighted by atomic mass is 16.3. The van der Waals surface area contributed by atoms with Crippen LogP contribution in [0, 0.1) is 0 Å². The van der Waals surface area contributed by atoms with E-state index in [1.165, 1.54) is 0 Å². The van der Waals surface area contributed by atoms with Crippen LogP contribution in [0.3, 0.4) is 0 Å². The Morgan fingerprint density at radius 3 is 0.679 bits per heavy atom. The summed E-state index contributed by atoms with van der Waals surface area (Å²) in [5.74, 6) is 0.542. The second-order valence-electron chi connectivity index (χ2n) is 19.6. The van der Waals surface area contributed by atoms with Crippen LogP contribution in [-0.4, -0.2) is 40.4 Å². The summed E-state index contributed by atoms with van der Waals surface area (Å²) in [6.45, 7) is 0. The van der Waals surface area contributed by atoms with E-state index in [1.807, 2.05) is 146 Å². The molecule has 0 aliphatic carbocycles. The number of aromatic nitrogens is 4. The lowest BCUT2D eigenvalue weighted by Crippen LogP contribution is -1.90. The molecule has 5 heterocycles. The van der Waals surface area contributed by atoms with Crippen molar-refractivity contribution in [2.24, 2.45) is 40.9 Å². The first-order chi connectivity index (χ1) is 41.2. The molecule has 16 nitrogen and oxygen atoms in total. The predicted octanol–water partition coefficient (Wildman–Crippen LogP) is 19.8. The quantitative estimate of drug-likeness (QED) is 0.0650. The van der Waals surface area contributed by atoms with Crippen molar-refractivity contribution in [3.05, 3.63) is 241 Å². The Labute approximate surface area is 479 Å². The second-order valence-corrected chi connectivity index (χ2v) is 19.6. The predicted molar refractivity (Wildman–Crippen MR) is 330 cm³/mol. The van der Waals surface area contributed by atoms with Crippen molar-refractivity contribution in [3.8, 4) is 67.5 Å². The molecule has 6 N–H and O–H groups in total. The molecule has 0 fully saturated rings. The van der Waals surface area contributed by atoms with Gasteiger partial charge >= 0.3 is 0 Å². The number of rotatable bonds is 12. The van der Waals surface area contributed by atoms with Gasteiger partial charge in [0.2, 0.25) is 0 Å². The largest absolute Gasteiger partial charge is 0.508 e. The fraction of sp³-hybridized carbons (Fsp3) is 0. The van der Waals surface area contributed by atoms with Crippen molar-refractivity contribution in [2.45, 2.75) is 0 Å². The Morgan fingerprint density at radius 1 is 0.238 bits per heavy atom. The molecule has 402 valence electrons. The molecule has 0 unspecified atom stereocenters. The van der Waals surface area contributed by atoms with E-state index in [-0.39, 0.29) is 23.0 Å². The van der Waals surface area contributed by atoms with Crippen LogP contribution in [0.5, 0.6) is 23.0 Å². The standard InChI is InChI=1S/C68H46N12O4/c81-53-21-13-45(14-22-53)73-77-49-9-1-5-41(37-49)65-57-29-31-59(69-57)66(42-6-2-10-50(38-42)78-74-46-15-23-54(82)24-16-46)61-33-35-63(71-61)68(44-8-4-12-52(40-44)80-76-48-19-27-56(84)28-20-48)64-36-34-62(72-64)67(60-32-30-58(65)70-60)43-7-3-11-51(39-43)79-75-47-17-25-55(83)26-18-47/h1-40,69,72,81-84H. The van der Waals surface area contributed by atoms with Crippen LogP contribution in [-0.2, 0) is 0 Å². The van der Waals surface area contributed by atoms with Crippen molar-refractivity contribution >= 4 is 91.9 Å². The number of aromatic amines is 2. The third-order valence-electron chi connectivity index (χ3n) is 13.8. The molecule has 0 saturated heterocycles. The molecule has 2 aliphatic heterocycles. The lowest BCUT2D eigenvalue weighted by Gasteiger charge is -2.08. The van der Waals surface area contributed by atoms with Gasteiger partial charge < -0.3 is 30.4 Å². The Bertz CT molecular complexity index is 4110. The molecule has 8 aromatic carbocycles. The highest BCUT2D eigenvalue weighted by Gasteiger charge is 2.20. The molecular weight excluding hydrogens is 1050 g/mol. The molecule has 3 aromatic heterocycles. The van der Waals surface area contributed by atoms with Gasteiger partial charge in [-0.3, -0.25) is 0 Å². The van der Waals surface area contributed by atoms with Gasteiger partial charge in [0.1, 0.15) is 23.0 Å². The number of nitrogens with zero attached hydrogens (tertiary/aromatic N) is 10. The third kappa shape index (κ3) is 11.3. The van der Waals surface area contributed by atoms with E-state index in [1.54, 1.807) is 97.1 Å². The Hall–Kier alpha value is -12.0. The van der Waals surface area contributed by atoms with E-state index >= 15 is 0 Å². The Kier molecular flexibility index (Phi) is 13.8. The van der Waals surface area contributed by atoms with Gasteiger partial charge in [-0.15, -0.1) is 0 Å². The highest BCUT2D eigenvalue weighted by Crippen LogP contribution is 2.41. The minimum absolute atomic E-state index is 0.135. The summed E-state index contributed by atoms with van der Waals surface area (Å²) in [5, 5.41) is 76.1. The van der Waals surface area contributed by atoms with Crippen LogP contribution in [0.4, 0.5) is 45.5 Å². The molecule has 11 aromatic rings. The minimum Gasteiger partial charge on any atom is -0.508 e. The molecule has 2 aliphatic rings. The normalized spacial score (nSPS) is 12.2. The van der Waals surface area contributed by atoms with Crippen LogP contribution >= 0.6 is 0 Å². The molecular formula is C68H46N12O4. The van der Waals surface area contributed by atoms with Gasteiger partial charge in [-0.1, -0.05) is 48.5 Å². The molecule has 84 heavy (non-hydrogen) atoms. The minimum atomic E-state index is 0.135. The lowest BCUT2D eigenvalue weighted by atomic mass is 10.0. The molecule has 0 amide bonds. The summed E-state index contributed by atoms with van der Waals surface area (Å²) in [4.78, 5) is 18.6. The second kappa shape index (κ2) is 22.6. The summed E-state index contributed by atoms with van der Waals surface area (Å²) in [7, 11) is 0. The monoisotopic (exact) mass is 1090 g/mol. The van der Waals surface area contributed by atoms with Crippen LogP contribution < -0.4 is 0 Å².